The van der Waals surface area contributed by atoms with E-state index in [1.54, 1.807) is 61.9 Å². The Kier molecular flexibility index (Phi) is 23.8. The lowest BCUT2D eigenvalue weighted by Crippen LogP contribution is -2.46. The number of cyclic esters (lactones) is 2. The maximum Gasteiger partial charge on any atom is 0.417 e. The van der Waals surface area contributed by atoms with Gasteiger partial charge in [0.2, 0.25) is 11.8 Å². The topological polar surface area (TPSA) is 253 Å². The van der Waals surface area contributed by atoms with Crippen molar-refractivity contribution >= 4 is 59.2 Å². The highest BCUT2D eigenvalue weighted by atomic mass is 16.6. The number of imide groups is 2. The molecular weight excluding hydrogens is 1210 g/mol. The number of aromatic nitrogens is 3. The first-order valence-electron chi connectivity index (χ1n) is 31.2. The molecule has 3 heterocycles. The number of fused-ring (bicyclic) bond motifs is 1. The number of rotatable bonds is 18. The Morgan fingerprint density at radius 2 is 0.989 bits per heavy atom. The van der Waals surface area contributed by atoms with Gasteiger partial charge in [0.1, 0.15) is 49.8 Å². The van der Waals surface area contributed by atoms with Gasteiger partial charge in [0, 0.05) is 6.54 Å². The van der Waals surface area contributed by atoms with Gasteiger partial charge in [-0.3, -0.25) is 9.59 Å². The highest BCUT2D eigenvalue weighted by Crippen LogP contribution is 2.27. The number of para-hydroxylation sites is 1. The summed E-state index contributed by atoms with van der Waals surface area (Å²) in [4.78, 5) is 103. The fourth-order valence-corrected chi connectivity index (χ4v) is 10.5. The molecule has 2 N–H and O–H groups in total. The molecular formula is C74H81N7O14. The molecule has 7 aromatic carbocycles. The molecule has 10 rings (SSSR count). The molecule has 2 fully saturated rings. The number of hydrogen-bond donors (Lipinski definition) is 2. The molecule has 3 atom stereocenters. The number of carbonyl (C=O) groups is 8. The van der Waals surface area contributed by atoms with Gasteiger partial charge in [-0.15, -0.1) is 5.10 Å². The minimum Gasteiger partial charge on any atom is -0.457 e. The van der Waals surface area contributed by atoms with Gasteiger partial charge in [-0.2, -0.15) is 0 Å². The molecule has 0 spiro atoms. The van der Waals surface area contributed by atoms with Crippen LogP contribution in [-0.2, 0) is 77.2 Å². The summed E-state index contributed by atoms with van der Waals surface area (Å²) < 4.78 is 33.5. The molecule has 0 unspecified atom stereocenters. The average molecular weight is 1290 g/mol. The van der Waals surface area contributed by atoms with Crippen LogP contribution in [0, 0.1) is 27.7 Å². The lowest BCUT2D eigenvalue weighted by Gasteiger charge is -2.26. The number of amides is 6. The SMILES string of the molecule is CC(C)(C)OC(=O)NCn1nnc2ccccc21.Cc1ccc(C(=O)OCc2ccc(CC(=O)N3C(=O)OC[C@H]3Cc3ccccc3)cc2)c(C)c1.Cc1ccc(C(=O)OCc2ccc([C@@H](CNC(=O)OC(C)(C)C)C(=O)N3C(=O)OC[C@H]3Cc3ccccc3)cc2)c(C)c1. The molecule has 21 nitrogen and oxygen atoms in total. The number of carbonyl (C=O) groups excluding carboxylic acids is 8. The molecule has 2 aliphatic rings. The van der Waals surface area contributed by atoms with E-state index in [0.717, 1.165) is 66.0 Å². The monoisotopic (exact) mass is 1290 g/mol. The van der Waals surface area contributed by atoms with E-state index in [9.17, 15) is 38.4 Å². The van der Waals surface area contributed by atoms with Gasteiger partial charge in [0.25, 0.3) is 0 Å². The van der Waals surface area contributed by atoms with Gasteiger partial charge in [0.15, 0.2) is 0 Å². The van der Waals surface area contributed by atoms with Crippen LogP contribution in [0.5, 0.6) is 0 Å². The van der Waals surface area contributed by atoms with E-state index in [4.69, 9.17) is 28.4 Å². The molecule has 95 heavy (non-hydrogen) atoms. The van der Waals surface area contributed by atoms with Crippen molar-refractivity contribution in [3.63, 3.8) is 0 Å². The largest absolute Gasteiger partial charge is 0.457 e. The van der Waals surface area contributed by atoms with Crippen LogP contribution in [0.2, 0.25) is 0 Å². The fourth-order valence-electron chi connectivity index (χ4n) is 10.5. The van der Waals surface area contributed by atoms with E-state index in [-0.39, 0.29) is 64.0 Å². The van der Waals surface area contributed by atoms with Gasteiger partial charge in [0.05, 0.1) is 41.1 Å². The third-order valence-corrected chi connectivity index (χ3v) is 15.1. The van der Waals surface area contributed by atoms with Gasteiger partial charge in [-0.25, -0.2) is 43.2 Å². The van der Waals surface area contributed by atoms with Crippen LogP contribution < -0.4 is 10.6 Å². The van der Waals surface area contributed by atoms with Crippen molar-refractivity contribution in [2.75, 3.05) is 19.8 Å². The molecule has 1 aromatic heterocycles. The number of nitrogens with zero attached hydrogens (tertiary/aromatic N) is 5. The van der Waals surface area contributed by atoms with Crippen molar-refractivity contribution in [3.05, 3.63) is 237 Å². The molecule has 0 bridgehead atoms. The first-order valence-corrected chi connectivity index (χ1v) is 31.2. The third kappa shape index (κ3) is 20.6. The summed E-state index contributed by atoms with van der Waals surface area (Å²) in [5.41, 5.74) is 10.2. The third-order valence-electron chi connectivity index (χ3n) is 15.1. The number of nitrogens with one attached hydrogen (secondary N) is 2. The van der Waals surface area contributed by atoms with E-state index in [1.165, 1.54) is 4.90 Å². The standard InChI is InChI=1S/C34H38N2O7.C28H27NO5.C12H16N4O2/c1-22-11-16-28(23(2)17-22)31(38)41-20-25-12-14-26(15-13-25)29(19-35-32(39)43-34(3,4)5)30(37)36-27(21-42-33(36)40)18-24-9-7-6-8-10-24;1-19-8-13-25(20(2)14-19)27(31)33-17-23-11-9-22(10-12-23)16-26(30)29-24(18-34-28(29)32)15-21-6-4-3-5-7-21;1-12(2,3)18-11(17)13-8-16-10-7-5-4-6-9(10)14-15-16/h6-17,27,29H,18-21H2,1-5H3,(H,35,39);3-14,24H,15-18H2,1-2H3;4-7H,8H2,1-3H3,(H,13,17)/t27-,29-;24-;/m11./s1. The lowest BCUT2D eigenvalue weighted by atomic mass is 9.95. The minimum absolute atomic E-state index is 0.0405. The Balaban J connectivity index is 0.000000197. The zero-order chi connectivity index (χ0) is 68.4. The molecule has 0 aliphatic carbocycles. The Morgan fingerprint density at radius 1 is 0.537 bits per heavy atom. The number of hydrogen-bond acceptors (Lipinski definition) is 16. The molecule has 21 heteroatoms. The maximum absolute atomic E-state index is 13.9. The average Bonchev–Trinajstić information content (AvgIpc) is 1.76. The van der Waals surface area contributed by atoms with Crippen LogP contribution in [-0.4, -0.2) is 116 Å². The maximum atomic E-state index is 13.9. The van der Waals surface area contributed by atoms with Gasteiger partial charge in [-0.05, 0) is 151 Å². The second-order valence-electron chi connectivity index (χ2n) is 25.2. The predicted molar refractivity (Wildman–Crippen MR) is 355 cm³/mol. The van der Waals surface area contributed by atoms with Crippen LogP contribution in [0.25, 0.3) is 11.0 Å². The summed E-state index contributed by atoms with van der Waals surface area (Å²) in [7, 11) is 0. The summed E-state index contributed by atoms with van der Waals surface area (Å²) in [5, 5.41) is 13.3. The fraction of sp³-hybridized carbons (Fsp3) is 0.324. The zero-order valence-corrected chi connectivity index (χ0v) is 55.2. The first kappa shape index (κ1) is 70.2. The Morgan fingerprint density at radius 3 is 1.49 bits per heavy atom. The molecule has 0 radical (unpaired) electrons. The smallest absolute Gasteiger partial charge is 0.417 e. The molecule has 496 valence electrons. The van der Waals surface area contributed by atoms with Crippen molar-refractivity contribution in [2.24, 2.45) is 0 Å². The van der Waals surface area contributed by atoms with Crippen molar-refractivity contribution in [1.82, 2.24) is 35.4 Å². The number of aryl methyl sites for hydroxylation is 4. The van der Waals surface area contributed by atoms with E-state index in [0.29, 0.717) is 29.5 Å². The molecule has 0 saturated carbocycles. The summed E-state index contributed by atoms with van der Waals surface area (Å²) in [6.07, 6.45) is -1.38. The van der Waals surface area contributed by atoms with Crippen molar-refractivity contribution in [1.29, 1.82) is 0 Å². The second kappa shape index (κ2) is 32.2. The van der Waals surface area contributed by atoms with Gasteiger partial charge in [-0.1, -0.05) is 162 Å². The highest BCUT2D eigenvalue weighted by Gasteiger charge is 2.42. The Bertz CT molecular complexity index is 3990. The van der Waals surface area contributed by atoms with Crippen LogP contribution in [0.3, 0.4) is 0 Å². The van der Waals surface area contributed by atoms with E-state index in [1.807, 2.05) is 182 Å². The van der Waals surface area contributed by atoms with Crippen LogP contribution in [0.1, 0.15) is 124 Å². The van der Waals surface area contributed by atoms with Crippen molar-refractivity contribution in [3.8, 4) is 0 Å². The quantitative estimate of drug-likeness (QED) is 0.0598. The van der Waals surface area contributed by atoms with E-state index < -0.39 is 59.4 Å². The molecule has 8 aromatic rings. The summed E-state index contributed by atoms with van der Waals surface area (Å²) >= 11 is 0. The highest BCUT2D eigenvalue weighted by molar-refractivity contribution is 5.98. The van der Waals surface area contributed by atoms with Crippen LogP contribution >= 0.6 is 0 Å². The molecule has 2 aliphatic heterocycles. The summed E-state index contributed by atoms with van der Waals surface area (Å²) in [6.45, 7) is 19.0. The van der Waals surface area contributed by atoms with Crippen LogP contribution in [0.15, 0.2) is 170 Å². The predicted octanol–water partition coefficient (Wildman–Crippen LogP) is 12.6. The number of ether oxygens (including phenoxy) is 6. The minimum atomic E-state index is -0.900. The Labute approximate surface area is 553 Å². The molecule has 2 saturated heterocycles. The molecule has 6 amide bonds. The second-order valence-corrected chi connectivity index (χ2v) is 25.2. The van der Waals surface area contributed by atoms with Crippen molar-refractivity contribution < 1.29 is 66.8 Å². The number of benzene rings is 7. The van der Waals surface area contributed by atoms with E-state index >= 15 is 0 Å². The lowest BCUT2D eigenvalue weighted by molar-refractivity contribution is -0.131. The number of esters is 2. The summed E-state index contributed by atoms with van der Waals surface area (Å²) in [5.74, 6) is -2.48. The van der Waals surface area contributed by atoms with E-state index in [2.05, 4.69) is 20.9 Å². The summed E-state index contributed by atoms with van der Waals surface area (Å²) in [6, 6.07) is 51.4. The van der Waals surface area contributed by atoms with Crippen molar-refractivity contribution in [2.45, 2.75) is 138 Å². The zero-order valence-electron chi connectivity index (χ0n) is 55.2. The first-order chi connectivity index (χ1) is 45.3. The van der Waals surface area contributed by atoms with Crippen LogP contribution in [0.4, 0.5) is 19.2 Å². The van der Waals surface area contributed by atoms with Gasteiger partial charge < -0.3 is 39.1 Å². The van der Waals surface area contributed by atoms with Gasteiger partial charge >= 0.3 is 36.3 Å². The number of alkyl carbamates (subject to hydrolysis) is 2. The normalized spacial score (nSPS) is 14.6. The Hall–Kier alpha value is -10.7.